The predicted octanol–water partition coefficient (Wildman–Crippen LogP) is 3.23. The summed E-state index contributed by atoms with van der Waals surface area (Å²) in [7, 11) is 1.56. The summed E-state index contributed by atoms with van der Waals surface area (Å²) in [5, 5.41) is 0. The highest BCUT2D eigenvalue weighted by atomic mass is 79.9. The standard InChI is InChI=1S/C14H14BrFN2O/c1-19-14-8-18-5-4-11(14)13(17)7-9-6-10(15)2-3-12(9)16/h2-6,8,13H,7,17H2,1H3. The summed E-state index contributed by atoms with van der Waals surface area (Å²) in [5.41, 5.74) is 7.52. The summed E-state index contributed by atoms with van der Waals surface area (Å²) < 4.78 is 19.8. The van der Waals surface area contributed by atoms with Crippen LogP contribution in [0.4, 0.5) is 4.39 Å². The van der Waals surface area contributed by atoms with E-state index in [1.54, 1.807) is 37.7 Å². The number of nitrogens with two attached hydrogens (primary N) is 1. The molecule has 19 heavy (non-hydrogen) atoms. The minimum atomic E-state index is -0.346. The van der Waals surface area contributed by atoms with Crippen LogP contribution in [0.15, 0.2) is 41.1 Å². The molecule has 100 valence electrons. The summed E-state index contributed by atoms with van der Waals surface area (Å²) in [6.07, 6.45) is 3.65. The average Bonchev–Trinajstić information content (AvgIpc) is 2.42. The second kappa shape index (κ2) is 6.12. The van der Waals surface area contributed by atoms with Crippen LogP contribution in [-0.2, 0) is 6.42 Å². The zero-order valence-corrected chi connectivity index (χ0v) is 12.0. The van der Waals surface area contributed by atoms with Gasteiger partial charge in [-0.3, -0.25) is 4.98 Å². The highest BCUT2D eigenvalue weighted by molar-refractivity contribution is 9.10. The average molecular weight is 325 g/mol. The van der Waals surface area contributed by atoms with Gasteiger partial charge in [0, 0.05) is 22.3 Å². The molecule has 0 aliphatic carbocycles. The van der Waals surface area contributed by atoms with Crippen molar-refractivity contribution < 1.29 is 9.13 Å². The van der Waals surface area contributed by atoms with Gasteiger partial charge in [0.05, 0.1) is 13.3 Å². The van der Waals surface area contributed by atoms with E-state index in [2.05, 4.69) is 20.9 Å². The normalized spacial score (nSPS) is 12.2. The van der Waals surface area contributed by atoms with Crippen LogP contribution in [0.3, 0.4) is 0 Å². The van der Waals surface area contributed by atoms with Gasteiger partial charge in [0.25, 0.3) is 0 Å². The van der Waals surface area contributed by atoms with Gasteiger partial charge >= 0.3 is 0 Å². The molecule has 0 spiro atoms. The number of ether oxygens (including phenoxy) is 1. The van der Waals surface area contributed by atoms with Crippen LogP contribution in [0.25, 0.3) is 0 Å². The van der Waals surface area contributed by atoms with E-state index in [1.807, 2.05) is 0 Å². The van der Waals surface area contributed by atoms with Crippen molar-refractivity contribution >= 4 is 15.9 Å². The topological polar surface area (TPSA) is 48.1 Å². The highest BCUT2D eigenvalue weighted by Crippen LogP contribution is 2.26. The molecule has 1 heterocycles. The summed E-state index contributed by atoms with van der Waals surface area (Å²) in [6, 6.07) is 6.27. The maximum atomic E-state index is 13.7. The van der Waals surface area contributed by atoms with Gasteiger partial charge in [0.2, 0.25) is 0 Å². The van der Waals surface area contributed by atoms with Crippen LogP contribution in [0.1, 0.15) is 17.2 Å². The van der Waals surface area contributed by atoms with Gasteiger partial charge in [-0.2, -0.15) is 0 Å². The molecule has 0 radical (unpaired) electrons. The number of methoxy groups -OCH3 is 1. The van der Waals surface area contributed by atoms with Gasteiger partial charge in [0.1, 0.15) is 11.6 Å². The Morgan fingerprint density at radius 1 is 1.42 bits per heavy atom. The Morgan fingerprint density at radius 2 is 2.21 bits per heavy atom. The van der Waals surface area contributed by atoms with E-state index in [0.29, 0.717) is 17.7 Å². The lowest BCUT2D eigenvalue weighted by Crippen LogP contribution is -2.15. The van der Waals surface area contributed by atoms with Crippen molar-refractivity contribution in [2.24, 2.45) is 5.73 Å². The number of hydrogen-bond acceptors (Lipinski definition) is 3. The lowest BCUT2D eigenvalue weighted by molar-refractivity contribution is 0.403. The van der Waals surface area contributed by atoms with Crippen LogP contribution >= 0.6 is 15.9 Å². The van der Waals surface area contributed by atoms with E-state index in [1.165, 1.54) is 6.07 Å². The third-order valence-corrected chi connectivity index (χ3v) is 3.38. The zero-order chi connectivity index (χ0) is 13.8. The van der Waals surface area contributed by atoms with Gasteiger partial charge in [0.15, 0.2) is 0 Å². The monoisotopic (exact) mass is 324 g/mol. The first-order chi connectivity index (χ1) is 9.11. The molecule has 1 aromatic heterocycles. The Labute approximate surface area is 119 Å². The lowest BCUT2D eigenvalue weighted by Gasteiger charge is -2.15. The van der Waals surface area contributed by atoms with Crippen molar-refractivity contribution in [1.82, 2.24) is 4.98 Å². The summed E-state index contributed by atoms with van der Waals surface area (Å²) >= 11 is 3.33. The van der Waals surface area contributed by atoms with Crippen molar-refractivity contribution in [2.75, 3.05) is 7.11 Å². The molecular weight excluding hydrogens is 311 g/mol. The van der Waals surface area contributed by atoms with Crippen molar-refractivity contribution in [3.8, 4) is 5.75 Å². The maximum absolute atomic E-state index is 13.7. The number of halogens is 2. The quantitative estimate of drug-likeness (QED) is 0.939. The second-order valence-electron chi connectivity index (χ2n) is 4.16. The molecule has 0 saturated heterocycles. The maximum Gasteiger partial charge on any atom is 0.141 e. The zero-order valence-electron chi connectivity index (χ0n) is 10.4. The molecule has 1 aromatic carbocycles. The largest absolute Gasteiger partial charge is 0.495 e. The number of pyridine rings is 1. The van der Waals surface area contributed by atoms with Gasteiger partial charge in [-0.15, -0.1) is 0 Å². The first kappa shape index (κ1) is 14.0. The second-order valence-corrected chi connectivity index (χ2v) is 5.08. The van der Waals surface area contributed by atoms with Crippen LogP contribution in [0.5, 0.6) is 5.75 Å². The Morgan fingerprint density at radius 3 is 2.95 bits per heavy atom. The van der Waals surface area contributed by atoms with E-state index in [9.17, 15) is 4.39 Å². The van der Waals surface area contributed by atoms with Gasteiger partial charge in [-0.05, 0) is 36.2 Å². The van der Waals surface area contributed by atoms with E-state index >= 15 is 0 Å². The third-order valence-electron chi connectivity index (χ3n) is 2.88. The Kier molecular flexibility index (Phi) is 4.50. The van der Waals surface area contributed by atoms with Gasteiger partial charge in [-0.1, -0.05) is 15.9 Å². The molecule has 0 saturated carbocycles. The first-order valence-corrected chi connectivity index (χ1v) is 6.58. The summed E-state index contributed by atoms with van der Waals surface area (Å²) in [6.45, 7) is 0. The molecule has 2 rings (SSSR count). The number of aromatic nitrogens is 1. The van der Waals surface area contributed by atoms with E-state index in [-0.39, 0.29) is 11.9 Å². The molecule has 5 heteroatoms. The Balaban J connectivity index is 2.25. The van der Waals surface area contributed by atoms with Gasteiger partial charge in [-0.25, -0.2) is 4.39 Å². The molecule has 3 nitrogen and oxygen atoms in total. The van der Waals surface area contributed by atoms with Crippen molar-refractivity contribution in [2.45, 2.75) is 12.5 Å². The molecule has 1 unspecified atom stereocenters. The van der Waals surface area contributed by atoms with Crippen LogP contribution < -0.4 is 10.5 Å². The van der Waals surface area contributed by atoms with Crippen molar-refractivity contribution in [1.29, 1.82) is 0 Å². The Hall–Kier alpha value is -1.46. The summed E-state index contributed by atoms with van der Waals surface area (Å²) in [4.78, 5) is 3.98. The van der Waals surface area contributed by atoms with Crippen molar-refractivity contribution in [3.63, 3.8) is 0 Å². The number of benzene rings is 1. The van der Waals surface area contributed by atoms with E-state index in [0.717, 1.165) is 10.0 Å². The summed E-state index contributed by atoms with van der Waals surface area (Å²) in [5.74, 6) is 0.358. The van der Waals surface area contributed by atoms with Crippen LogP contribution in [-0.4, -0.2) is 12.1 Å². The molecule has 0 amide bonds. The minimum Gasteiger partial charge on any atom is -0.495 e. The smallest absolute Gasteiger partial charge is 0.141 e. The molecule has 0 bridgehead atoms. The molecule has 0 aliphatic rings. The predicted molar refractivity (Wildman–Crippen MR) is 75.5 cm³/mol. The van der Waals surface area contributed by atoms with E-state index < -0.39 is 0 Å². The number of nitrogens with zero attached hydrogens (tertiary/aromatic N) is 1. The highest BCUT2D eigenvalue weighted by Gasteiger charge is 2.14. The molecule has 1 atom stereocenters. The van der Waals surface area contributed by atoms with Crippen LogP contribution in [0, 0.1) is 5.82 Å². The number of hydrogen-bond donors (Lipinski definition) is 1. The first-order valence-electron chi connectivity index (χ1n) is 5.79. The van der Waals surface area contributed by atoms with E-state index in [4.69, 9.17) is 10.5 Å². The Bertz CT molecular complexity index is 577. The number of rotatable bonds is 4. The third kappa shape index (κ3) is 3.30. The van der Waals surface area contributed by atoms with Gasteiger partial charge < -0.3 is 10.5 Å². The lowest BCUT2D eigenvalue weighted by atomic mass is 9.99. The molecule has 0 fully saturated rings. The SMILES string of the molecule is COc1cnccc1C(N)Cc1cc(Br)ccc1F. The fourth-order valence-electron chi connectivity index (χ4n) is 1.91. The molecule has 0 aliphatic heterocycles. The van der Waals surface area contributed by atoms with Crippen LogP contribution in [0.2, 0.25) is 0 Å². The fourth-order valence-corrected chi connectivity index (χ4v) is 2.32. The molecule has 2 N–H and O–H groups in total. The molecular formula is C14H14BrFN2O. The van der Waals surface area contributed by atoms with Crippen molar-refractivity contribution in [3.05, 3.63) is 58.1 Å². The molecule has 2 aromatic rings. The fraction of sp³-hybridized carbons (Fsp3) is 0.214. The minimum absolute atomic E-state index is 0.258.